The molecule has 0 N–H and O–H groups in total. The standard InChI is InChI=1S/C28H30N6O2S/c1-19-8-9-24(20(2)14-19)34-26-23(16-29-34)27(36)33-22(18-37-28(33)30-26)15-25(35)32-12-10-31(11-13-32)17-21-6-4-3-5-7-21/h3-9,14,16,22H,10-13,15,17-18H2,1-2H3. The molecule has 1 unspecified atom stereocenters. The van der Waals surface area contributed by atoms with E-state index in [1.807, 2.05) is 30.0 Å². The van der Waals surface area contributed by atoms with Gasteiger partial charge in [0.15, 0.2) is 10.8 Å². The molecule has 1 fully saturated rings. The summed E-state index contributed by atoms with van der Waals surface area (Å²) in [6.45, 7) is 8.14. The van der Waals surface area contributed by atoms with Crippen LogP contribution in [-0.4, -0.2) is 67.0 Å². The Kier molecular flexibility index (Phi) is 6.34. The van der Waals surface area contributed by atoms with Crippen LogP contribution in [0.1, 0.15) is 29.2 Å². The molecule has 2 aromatic carbocycles. The molecular weight excluding hydrogens is 484 g/mol. The molecule has 2 aromatic heterocycles. The molecule has 0 saturated carbocycles. The van der Waals surface area contributed by atoms with Gasteiger partial charge < -0.3 is 4.90 Å². The maximum Gasteiger partial charge on any atom is 0.265 e. The summed E-state index contributed by atoms with van der Waals surface area (Å²) in [5.41, 5.74) is 4.91. The van der Waals surface area contributed by atoms with Crippen LogP contribution in [0.2, 0.25) is 0 Å². The van der Waals surface area contributed by atoms with Gasteiger partial charge in [0.2, 0.25) is 5.91 Å². The van der Waals surface area contributed by atoms with Crippen molar-refractivity contribution in [3.8, 4) is 5.69 Å². The number of nitrogens with zero attached hydrogens (tertiary/aromatic N) is 6. The third-order valence-corrected chi connectivity index (χ3v) is 8.43. The predicted octanol–water partition coefficient (Wildman–Crippen LogP) is 3.58. The number of carbonyl (C=O) groups excluding carboxylic acids is 1. The smallest absolute Gasteiger partial charge is 0.265 e. The Morgan fingerprint density at radius 2 is 1.84 bits per heavy atom. The third-order valence-electron chi connectivity index (χ3n) is 7.34. The zero-order chi connectivity index (χ0) is 25.5. The van der Waals surface area contributed by atoms with Gasteiger partial charge in [0.25, 0.3) is 5.56 Å². The number of piperazine rings is 1. The van der Waals surface area contributed by atoms with Crippen molar-refractivity contribution in [1.82, 2.24) is 29.1 Å². The van der Waals surface area contributed by atoms with Gasteiger partial charge in [0.1, 0.15) is 5.39 Å². The summed E-state index contributed by atoms with van der Waals surface area (Å²) in [6, 6.07) is 16.4. The van der Waals surface area contributed by atoms with Gasteiger partial charge in [-0.2, -0.15) is 5.10 Å². The van der Waals surface area contributed by atoms with Gasteiger partial charge in [-0.05, 0) is 31.0 Å². The summed E-state index contributed by atoms with van der Waals surface area (Å²) in [4.78, 5) is 35.9. The minimum Gasteiger partial charge on any atom is -0.340 e. The topological polar surface area (TPSA) is 76.3 Å². The average molecular weight is 515 g/mol. The fourth-order valence-corrected chi connectivity index (χ4v) is 6.46. The van der Waals surface area contributed by atoms with Crippen molar-refractivity contribution in [2.24, 2.45) is 0 Å². The number of rotatable bonds is 5. The van der Waals surface area contributed by atoms with E-state index in [9.17, 15) is 9.59 Å². The van der Waals surface area contributed by atoms with Crippen LogP contribution in [0.15, 0.2) is 64.7 Å². The fraction of sp³-hybridized carbons (Fsp3) is 0.357. The van der Waals surface area contributed by atoms with Crippen LogP contribution in [0.4, 0.5) is 0 Å². The zero-order valence-electron chi connectivity index (χ0n) is 21.1. The van der Waals surface area contributed by atoms with Gasteiger partial charge in [-0.15, -0.1) is 0 Å². The molecule has 8 nitrogen and oxygen atoms in total. The van der Waals surface area contributed by atoms with E-state index in [-0.39, 0.29) is 17.5 Å². The molecule has 2 aliphatic heterocycles. The number of hydrogen-bond donors (Lipinski definition) is 0. The first kappa shape index (κ1) is 23.9. The molecule has 9 heteroatoms. The largest absolute Gasteiger partial charge is 0.340 e. The van der Waals surface area contributed by atoms with Gasteiger partial charge in [0.05, 0.1) is 17.9 Å². The van der Waals surface area contributed by atoms with Crippen molar-refractivity contribution in [2.75, 3.05) is 31.9 Å². The number of thioether (sulfide) groups is 1. The Morgan fingerprint density at radius 1 is 1.05 bits per heavy atom. The summed E-state index contributed by atoms with van der Waals surface area (Å²) in [6.07, 6.45) is 1.92. The lowest BCUT2D eigenvalue weighted by atomic mass is 10.1. The first-order valence-corrected chi connectivity index (χ1v) is 13.7. The van der Waals surface area contributed by atoms with Crippen molar-refractivity contribution in [3.05, 3.63) is 81.8 Å². The Hall–Kier alpha value is -3.43. The highest BCUT2D eigenvalue weighted by Gasteiger charge is 2.32. The predicted molar refractivity (Wildman–Crippen MR) is 145 cm³/mol. The van der Waals surface area contributed by atoms with Crippen molar-refractivity contribution in [3.63, 3.8) is 0 Å². The molecule has 37 heavy (non-hydrogen) atoms. The van der Waals surface area contributed by atoms with Crippen LogP contribution < -0.4 is 5.56 Å². The molecule has 1 saturated heterocycles. The molecule has 6 rings (SSSR count). The van der Waals surface area contributed by atoms with Crippen LogP contribution in [0.3, 0.4) is 0 Å². The quantitative estimate of drug-likeness (QED) is 0.379. The number of fused-ring (bicyclic) bond motifs is 2. The molecule has 0 spiro atoms. The minimum atomic E-state index is -0.191. The lowest BCUT2D eigenvalue weighted by Crippen LogP contribution is -2.48. The second-order valence-corrected chi connectivity index (χ2v) is 11.0. The van der Waals surface area contributed by atoms with E-state index in [4.69, 9.17) is 4.98 Å². The highest BCUT2D eigenvalue weighted by atomic mass is 32.2. The van der Waals surface area contributed by atoms with E-state index in [2.05, 4.69) is 47.3 Å². The number of hydrogen-bond acceptors (Lipinski definition) is 6. The first-order valence-electron chi connectivity index (χ1n) is 12.7. The third kappa shape index (κ3) is 4.57. The number of aromatic nitrogens is 4. The van der Waals surface area contributed by atoms with Crippen LogP contribution in [0.5, 0.6) is 0 Å². The molecule has 190 valence electrons. The average Bonchev–Trinajstić information content (AvgIpc) is 3.50. The number of carbonyl (C=O) groups is 1. The molecule has 0 radical (unpaired) electrons. The summed E-state index contributed by atoms with van der Waals surface area (Å²) >= 11 is 1.54. The Balaban J connectivity index is 1.17. The number of benzene rings is 2. The van der Waals surface area contributed by atoms with E-state index in [0.29, 0.717) is 41.5 Å². The fourth-order valence-electron chi connectivity index (χ4n) is 5.33. The van der Waals surface area contributed by atoms with Gasteiger partial charge >= 0.3 is 0 Å². The van der Waals surface area contributed by atoms with Crippen molar-refractivity contribution in [2.45, 2.75) is 38.0 Å². The molecule has 1 atom stereocenters. The SMILES string of the molecule is Cc1ccc(-n2ncc3c(=O)n4c(nc32)SCC4CC(=O)N2CCN(Cc3ccccc3)CC2)c(C)c1. The van der Waals surface area contributed by atoms with E-state index < -0.39 is 0 Å². The Bertz CT molecular complexity index is 1520. The van der Waals surface area contributed by atoms with Gasteiger partial charge in [-0.3, -0.25) is 19.1 Å². The van der Waals surface area contributed by atoms with Crippen LogP contribution >= 0.6 is 11.8 Å². The van der Waals surface area contributed by atoms with Gasteiger partial charge in [-0.25, -0.2) is 9.67 Å². The van der Waals surface area contributed by atoms with Crippen LogP contribution in [0.25, 0.3) is 16.7 Å². The Labute approximate surface area is 219 Å². The monoisotopic (exact) mass is 514 g/mol. The van der Waals surface area contributed by atoms with E-state index in [1.165, 1.54) is 11.1 Å². The molecule has 0 bridgehead atoms. The molecule has 4 heterocycles. The maximum absolute atomic E-state index is 13.5. The second-order valence-electron chi connectivity index (χ2n) is 9.96. The molecule has 2 aliphatic rings. The van der Waals surface area contributed by atoms with E-state index in [1.54, 1.807) is 27.2 Å². The number of amides is 1. The zero-order valence-corrected chi connectivity index (χ0v) is 21.9. The lowest BCUT2D eigenvalue weighted by molar-refractivity contribution is -0.133. The number of aryl methyl sites for hydroxylation is 2. The highest BCUT2D eigenvalue weighted by Crippen LogP contribution is 2.34. The van der Waals surface area contributed by atoms with Crippen LogP contribution in [0, 0.1) is 13.8 Å². The Morgan fingerprint density at radius 3 is 2.59 bits per heavy atom. The van der Waals surface area contributed by atoms with Crippen LogP contribution in [-0.2, 0) is 11.3 Å². The molecule has 4 aromatic rings. The van der Waals surface area contributed by atoms with E-state index >= 15 is 0 Å². The van der Waals surface area contributed by atoms with Crippen molar-refractivity contribution in [1.29, 1.82) is 0 Å². The lowest BCUT2D eigenvalue weighted by Gasteiger charge is -2.35. The summed E-state index contributed by atoms with van der Waals surface area (Å²) in [7, 11) is 0. The highest BCUT2D eigenvalue weighted by molar-refractivity contribution is 7.99. The van der Waals surface area contributed by atoms with E-state index in [0.717, 1.165) is 30.9 Å². The first-order chi connectivity index (χ1) is 18.0. The second kappa shape index (κ2) is 9.79. The van der Waals surface area contributed by atoms with Gasteiger partial charge in [0, 0.05) is 44.9 Å². The maximum atomic E-state index is 13.5. The normalized spacial score (nSPS) is 17.9. The molecular formula is C28H30N6O2S. The summed E-state index contributed by atoms with van der Waals surface area (Å²) in [5.74, 6) is 0.779. The summed E-state index contributed by atoms with van der Waals surface area (Å²) < 4.78 is 3.46. The van der Waals surface area contributed by atoms with Crippen molar-refractivity contribution >= 4 is 28.7 Å². The van der Waals surface area contributed by atoms with Gasteiger partial charge in [-0.1, -0.05) is 59.8 Å². The molecule has 1 amide bonds. The van der Waals surface area contributed by atoms with Crippen molar-refractivity contribution < 1.29 is 4.79 Å². The molecule has 0 aliphatic carbocycles. The summed E-state index contributed by atoms with van der Waals surface area (Å²) in [5, 5.41) is 5.65. The minimum absolute atomic E-state index is 0.107.